The molecule has 5 rings (SSSR count). The number of fused-ring (bicyclic) bond motifs is 5. The first kappa shape index (κ1) is 22.6. The second kappa shape index (κ2) is 7.13. The molecule has 3 aliphatic heterocycles. The molecule has 34 heavy (non-hydrogen) atoms. The molecule has 4 atom stereocenters. The third-order valence-corrected chi connectivity index (χ3v) is 6.91. The van der Waals surface area contributed by atoms with Crippen molar-refractivity contribution in [2.45, 2.75) is 31.2 Å². The lowest BCUT2D eigenvalue weighted by molar-refractivity contribution is -0.142. The number of hydrogen-bond acceptors (Lipinski definition) is 6. The smallest absolute Gasteiger partial charge is 0.364 e. The summed E-state index contributed by atoms with van der Waals surface area (Å²) >= 11 is 5.99. The monoisotopic (exact) mass is 491 g/mol. The van der Waals surface area contributed by atoms with Gasteiger partial charge in [0.15, 0.2) is 5.69 Å². The standard InChI is InChI=1S/C22H17ClF3N5O3/c1-20-8-30(15-7-14(23)28-10-29-15)9-21(2,34-20)17-16(20)18(32)31(19(17)33)11-4-5-13(27-3)12(6-11)22(24,25)26/h4-7,10,16-17H,8-9H2,1-2H3/t16-,17+,20-,21+. The molecule has 0 saturated carbocycles. The molecule has 8 nitrogen and oxygen atoms in total. The van der Waals surface area contributed by atoms with Crippen molar-refractivity contribution in [3.63, 3.8) is 0 Å². The number of nitrogens with zero attached hydrogens (tertiary/aromatic N) is 5. The minimum atomic E-state index is -4.81. The maximum absolute atomic E-state index is 13.5. The van der Waals surface area contributed by atoms with Crippen molar-refractivity contribution in [1.29, 1.82) is 0 Å². The lowest BCUT2D eigenvalue weighted by Gasteiger charge is -2.45. The molecule has 2 amide bonds. The average molecular weight is 492 g/mol. The van der Waals surface area contributed by atoms with Gasteiger partial charge in [-0.2, -0.15) is 13.2 Å². The number of ether oxygens (including phenoxy) is 1. The molecule has 2 bridgehead atoms. The number of amides is 2. The number of aromatic nitrogens is 2. The van der Waals surface area contributed by atoms with Crippen molar-refractivity contribution in [1.82, 2.24) is 9.97 Å². The maximum atomic E-state index is 13.5. The summed E-state index contributed by atoms with van der Waals surface area (Å²) < 4.78 is 46.7. The van der Waals surface area contributed by atoms with Crippen LogP contribution in [0, 0.1) is 18.4 Å². The van der Waals surface area contributed by atoms with Crippen molar-refractivity contribution >= 4 is 40.6 Å². The highest BCUT2D eigenvalue weighted by atomic mass is 35.5. The van der Waals surface area contributed by atoms with Crippen molar-refractivity contribution in [3.05, 3.63) is 52.7 Å². The first-order valence-electron chi connectivity index (χ1n) is 10.3. The normalized spacial score (nSPS) is 30.5. The molecule has 4 heterocycles. The molecule has 1 aromatic carbocycles. The van der Waals surface area contributed by atoms with E-state index in [0.717, 1.165) is 11.0 Å². The molecule has 3 saturated heterocycles. The Morgan fingerprint density at radius 2 is 1.74 bits per heavy atom. The third kappa shape index (κ3) is 3.16. The molecular formula is C22H17ClF3N5O3. The van der Waals surface area contributed by atoms with E-state index in [9.17, 15) is 22.8 Å². The first-order chi connectivity index (χ1) is 15.9. The Labute approximate surface area is 197 Å². The fraction of sp³-hybridized carbons (Fsp3) is 0.409. The molecule has 3 fully saturated rings. The van der Waals surface area contributed by atoms with E-state index >= 15 is 0 Å². The van der Waals surface area contributed by atoms with Crippen LogP contribution in [0.15, 0.2) is 30.6 Å². The lowest BCUT2D eigenvalue weighted by atomic mass is 9.79. The Morgan fingerprint density at radius 3 is 2.26 bits per heavy atom. The molecule has 0 unspecified atom stereocenters. The fourth-order valence-electron chi connectivity index (χ4n) is 5.54. The highest BCUT2D eigenvalue weighted by Gasteiger charge is 2.72. The van der Waals surface area contributed by atoms with Crippen LogP contribution < -0.4 is 9.80 Å². The van der Waals surface area contributed by atoms with E-state index in [1.165, 1.54) is 12.4 Å². The summed E-state index contributed by atoms with van der Waals surface area (Å²) in [5.74, 6) is -2.55. The molecule has 176 valence electrons. The van der Waals surface area contributed by atoms with Crippen molar-refractivity contribution in [2.75, 3.05) is 22.9 Å². The number of rotatable bonds is 2. The Bertz CT molecular complexity index is 1250. The predicted molar refractivity (Wildman–Crippen MR) is 114 cm³/mol. The van der Waals surface area contributed by atoms with E-state index < -0.39 is 52.3 Å². The van der Waals surface area contributed by atoms with E-state index in [1.54, 1.807) is 19.9 Å². The molecule has 3 aliphatic rings. The van der Waals surface area contributed by atoms with Gasteiger partial charge in [0.2, 0.25) is 11.8 Å². The lowest BCUT2D eigenvalue weighted by Crippen LogP contribution is -2.58. The summed E-state index contributed by atoms with van der Waals surface area (Å²) in [4.78, 5) is 40.7. The van der Waals surface area contributed by atoms with Gasteiger partial charge in [-0.05, 0) is 26.0 Å². The SMILES string of the molecule is [C-]#[N+]c1ccc(N2C(=O)[C@@H]3[C@H](C2=O)[C@@]2(C)CN(c4cc(Cl)ncn4)C[C@]3(C)O2)cc1C(F)(F)F. The van der Waals surface area contributed by atoms with Crippen LogP contribution in [-0.4, -0.2) is 46.1 Å². The Kier molecular flexibility index (Phi) is 4.73. The van der Waals surface area contributed by atoms with Crippen molar-refractivity contribution in [2.24, 2.45) is 11.8 Å². The van der Waals surface area contributed by atoms with E-state index in [2.05, 4.69) is 14.8 Å². The van der Waals surface area contributed by atoms with Gasteiger partial charge in [0.05, 0.1) is 35.2 Å². The first-order valence-corrected chi connectivity index (χ1v) is 10.6. The molecule has 0 spiro atoms. The van der Waals surface area contributed by atoms with Gasteiger partial charge in [0, 0.05) is 24.8 Å². The van der Waals surface area contributed by atoms with Gasteiger partial charge in [-0.15, -0.1) is 0 Å². The maximum Gasteiger partial charge on any atom is 0.407 e. The molecule has 0 radical (unpaired) electrons. The zero-order valence-corrected chi connectivity index (χ0v) is 18.7. The summed E-state index contributed by atoms with van der Waals surface area (Å²) in [6.07, 6.45) is -3.50. The van der Waals surface area contributed by atoms with Gasteiger partial charge in [-0.1, -0.05) is 17.7 Å². The molecule has 12 heteroatoms. The number of carbonyl (C=O) groups excluding carboxylic acids is 2. The number of hydrogen-bond donors (Lipinski definition) is 0. The Morgan fingerprint density at radius 1 is 1.12 bits per heavy atom. The topological polar surface area (TPSA) is 80.0 Å². The molecule has 1 aromatic heterocycles. The fourth-order valence-corrected chi connectivity index (χ4v) is 5.68. The number of alkyl halides is 3. The zero-order chi connectivity index (χ0) is 24.6. The van der Waals surface area contributed by atoms with E-state index in [4.69, 9.17) is 22.9 Å². The van der Waals surface area contributed by atoms with Crippen LogP contribution in [0.25, 0.3) is 4.85 Å². The van der Waals surface area contributed by atoms with Crippen LogP contribution in [-0.2, 0) is 20.5 Å². The van der Waals surface area contributed by atoms with Gasteiger partial charge >= 0.3 is 6.18 Å². The largest absolute Gasteiger partial charge is 0.407 e. The van der Waals surface area contributed by atoms with Crippen LogP contribution in [0.5, 0.6) is 0 Å². The third-order valence-electron chi connectivity index (χ3n) is 6.71. The molecule has 2 aromatic rings. The minimum absolute atomic E-state index is 0.214. The summed E-state index contributed by atoms with van der Waals surface area (Å²) in [6, 6.07) is 4.42. The number of imide groups is 1. The number of morpholine rings is 1. The van der Waals surface area contributed by atoms with Gasteiger partial charge < -0.3 is 9.64 Å². The minimum Gasteiger partial charge on any atom is -0.364 e. The summed E-state index contributed by atoms with van der Waals surface area (Å²) in [5, 5.41) is 0.237. The molecular weight excluding hydrogens is 475 g/mol. The Balaban J connectivity index is 1.54. The second-order valence-electron chi connectivity index (χ2n) is 9.06. The van der Waals surface area contributed by atoms with Gasteiger partial charge in [-0.25, -0.2) is 19.7 Å². The quantitative estimate of drug-likeness (QED) is 0.360. The number of anilines is 2. The van der Waals surface area contributed by atoms with Crippen LogP contribution in [0.1, 0.15) is 19.4 Å². The van der Waals surface area contributed by atoms with Gasteiger partial charge in [0.25, 0.3) is 0 Å². The molecule has 0 N–H and O–H groups in total. The average Bonchev–Trinajstić information content (AvgIpc) is 3.12. The van der Waals surface area contributed by atoms with Crippen LogP contribution in [0.3, 0.4) is 0 Å². The van der Waals surface area contributed by atoms with Gasteiger partial charge in [-0.3, -0.25) is 9.59 Å². The number of benzene rings is 1. The number of carbonyl (C=O) groups is 2. The van der Waals surface area contributed by atoms with Crippen LogP contribution in [0.4, 0.5) is 30.4 Å². The summed E-state index contributed by atoms with van der Waals surface area (Å²) in [5.41, 5.74) is -4.21. The van der Waals surface area contributed by atoms with Gasteiger partial charge in [0.1, 0.15) is 17.3 Å². The molecule has 0 aliphatic carbocycles. The number of halogens is 4. The van der Waals surface area contributed by atoms with Crippen molar-refractivity contribution < 1.29 is 27.5 Å². The van der Waals surface area contributed by atoms with Crippen molar-refractivity contribution in [3.8, 4) is 0 Å². The Hall–Kier alpha value is -3.23. The highest BCUT2D eigenvalue weighted by Crippen LogP contribution is 2.56. The van der Waals surface area contributed by atoms with E-state index in [-0.39, 0.29) is 23.9 Å². The van der Waals surface area contributed by atoms with Crippen LogP contribution in [0.2, 0.25) is 5.15 Å². The highest BCUT2D eigenvalue weighted by molar-refractivity contribution is 6.29. The van der Waals surface area contributed by atoms with E-state index in [1.807, 2.05) is 4.90 Å². The predicted octanol–water partition coefficient (Wildman–Crippen LogP) is 3.87. The summed E-state index contributed by atoms with van der Waals surface area (Å²) in [7, 11) is 0. The van der Waals surface area contributed by atoms with E-state index in [0.29, 0.717) is 11.9 Å². The second-order valence-corrected chi connectivity index (χ2v) is 9.45. The van der Waals surface area contributed by atoms with Crippen LogP contribution >= 0.6 is 11.6 Å². The zero-order valence-electron chi connectivity index (χ0n) is 17.9. The summed E-state index contributed by atoms with van der Waals surface area (Å²) in [6.45, 7) is 10.9.